The molecular weight excluding hydrogens is 580 g/mol. The molecule has 236 valence electrons. The fraction of sp³-hybridized carbons (Fsp3) is 0.500. The summed E-state index contributed by atoms with van der Waals surface area (Å²) < 4.78 is 40.0. The van der Waals surface area contributed by atoms with Crippen LogP contribution in [0, 0.1) is 11.6 Å². The lowest BCUT2D eigenvalue weighted by molar-refractivity contribution is 0.00628. The van der Waals surface area contributed by atoms with Gasteiger partial charge in [0.1, 0.15) is 23.3 Å². The Bertz CT molecular complexity index is 1530. The van der Waals surface area contributed by atoms with Crippen LogP contribution < -0.4 is 15.5 Å². The summed E-state index contributed by atoms with van der Waals surface area (Å²) >= 11 is 0. The highest BCUT2D eigenvalue weighted by molar-refractivity contribution is 5.99. The summed E-state index contributed by atoms with van der Waals surface area (Å²) in [7, 11) is 0. The second-order valence-corrected chi connectivity index (χ2v) is 11.4. The van der Waals surface area contributed by atoms with Gasteiger partial charge in [-0.2, -0.15) is 0 Å². The van der Waals surface area contributed by atoms with Gasteiger partial charge in [0.05, 0.1) is 11.8 Å². The molecule has 44 heavy (non-hydrogen) atoms. The predicted molar refractivity (Wildman–Crippen MR) is 153 cm³/mol. The van der Waals surface area contributed by atoms with E-state index in [0.29, 0.717) is 37.7 Å². The maximum absolute atomic E-state index is 14.2. The first-order valence-electron chi connectivity index (χ1n) is 14.6. The summed E-state index contributed by atoms with van der Waals surface area (Å²) in [6.45, 7) is 5.75. The first-order valence-corrected chi connectivity index (χ1v) is 14.6. The number of fused-ring (bicyclic) bond motifs is 4. The summed E-state index contributed by atoms with van der Waals surface area (Å²) in [5, 5.41) is 6.63. The van der Waals surface area contributed by atoms with Gasteiger partial charge in [-0.1, -0.05) is 11.2 Å². The van der Waals surface area contributed by atoms with Crippen LogP contribution in [-0.2, 0) is 16.1 Å². The minimum atomic E-state index is -0.911. The van der Waals surface area contributed by atoms with Gasteiger partial charge in [0.25, 0.3) is 11.8 Å². The molecule has 12 nitrogen and oxygen atoms in total. The number of likely N-dealkylation sites (tertiary alicyclic amines) is 1. The largest absolute Gasteiger partial charge is 0.451 e. The molecule has 5 rings (SSSR count). The Morgan fingerprint density at radius 2 is 1.86 bits per heavy atom. The Morgan fingerprint density at radius 1 is 1.11 bits per heavy atom. The molecular formula is C30H35F2N5O7. The van der Waals surface area contributed by atoms with Crippen molar-refractivity contribution in [1.82, 2.24) is 19.7 Å². The van der Waals surface area contributed by atoms with Crippen LogP contribution in [0.15, 0.2) is 34.3 Å². The Morgan fingerprint density at radius 3 is 2.57 bits per heavy atom. The minimum Gasteiger partial charge on any atom is -0.451 e. The number of benzene rings is 1. The number of rotatable bonds is 8. The maximum Gasteiger partial charge on any atom is 0.412 e. The van der Waals surface area contributed by atoms with Crippen molar-refractivity contribution in [2.24, 2.45) is 5.16 Å². The molecule has 14 heteroatoms. The highest BCUT2D eigenvalue weighted by Gasteiger charge is 2.44. The molecule has 0 spiro atoms. The van der Waals surface area contributed by atoms with Crippen LogP contribution in [0.5, 0.6) is 5.75 Å². The van der Waals surface area contributed by atoms with E-state index >= 15 is 0 Å². The second-order valence-electron chi connectivity index (χ2n) is 11.4. The highest BCUT2D eigenvalue weighted by atomic mass is 19.1. The topological polar surface area (TPSA) is 132 Å². The monoisotopic (exact) mass is 615 g/mol. The van der Waals surface area contributed by atoms with Crippen LogP contribution in [0.2, 0.25) is 0 Å². The summed E-state index contributed by atoms with van der Waals surface area (Å²) in [6, 6.07) is 2.19. The fourth-order valence-electron chi connectivity index (χ4n) is 5.67. The Kier molecular flexibility index (Phi) is 9.16. The molecule has 1 aromatic carbocycles. The molecule has 1 N–H and O–H groups in total. The molecule has 0 aliphatic carbocycles. The molecule has 2 fully saturated rings. The van der Waals surface area contributed by atoms with Crippen LogP contribution in [0.4, 0.5) is 13.6 Å². The molecule has 0 radical (unpaired) electrons. The number of carbonyl (C=O) groups excluding carboxylic acids is 3. The summed E-state index contributed by atoms with van der Waals surface area (Å²) in [6.07, 6.45) is 2.96. The average molecular weight is 616 g/mol. The van der Waals surface area contributed by atoms with E-state index < -0.39 is 59.7 Å². The van der Waals surface area contributed by atoms with Gasteiger partial charge in [0.2, 0.25) is 18.0 Å². The maximum atomic E-state index is 14.2. The molecule has 0 saturated carbocycles. The molecule has 2 aromatic rings. The average Bonchev–Trinajstić information content (AvgIpc) is 3.48. The molecule has 3 amide bonds. The highest BCUT2D eigenvalue weighted by Crippen LogP contribution is 2.36. The number of nitrogens with zero attached hydrogens (tertiary/aromatic N) is 4. The van der Waals surface area contributed by atoms with E-state index in [2.05, 4.69) is 10.5 Å². The molecule has 2 saturated heterocycles. The van der Waals surface area contributed by atoms with Crippen molar-refractivity contribution in [3.05, 3.63) is 63.1 Å². The SMILES string of the molecule is CC(C)=NOC1CCC(C)N2CC1n1cc(C(=O)NCc3ccc(F)cc3F)c(=O)c(OCOC(=O)N3CCCC3)c1C2=O. The number of halogens is 2. The molecule has 3 atom stereocenters. The fourth-order valence-corrected chi connectivity index (χ4v) is 5.67. The van der Waals surface area contributed by atoms with E-state index in [0.717, 1.165) is 18.9 Å². The van der Waals surface area contributed by atoms with Crippen LogP contribution >= 0.6 is 0 Å². The molecule has 2 bridgehead atoms. The number of hydrogen-bond acceptors (Lipinski definition) is 8. The van der Waals surface area contributed by atoms with E-state index in [-0.39, 0.29) is 36.0 Å². The van der Waals surface area contributed by atoms with Crippen molar-refractivity contribution in [2.75, 3.05) is 26.4 Å². The first-order chi connectivity index (χ1) is 21.0. The van der Waals surface area contributed by atoms with Gasteiger partial charge in [-0.15, -0.1) is 0 Å². The lowest BCUT2D eigenvalue weighted by atomic mass is 10.0. The first kappa shape index (κ1) is 31.0. The van der Waals surface area contributed by atoms with Crippen molar-refractivity contribution in [1.29, 1.82) is 0 Å². The molecule has 4 heterocycles. The number of carbonyl (C=O) groups is 3. The third-order valence-electron chi connectivity index (χ3n) is 8.05. The van der Waals surface area contributed by atoms with Gasteiger partial charge in [-0.25, -0.2) is 13.6 Å². The van der Waals surface area contributed by atoms with Gasteiger partial charge in [0, 0.05) is 50.0 Å². The minimum absolute atomic E-state index is 0.00736. The Balaban J connectivity index is 1.52. The van der Waals surface area contributed by atoms with Gasteiger partial charge in [0.15, 0.2) is 5.69 Å². The van der Waals surface area contributed by atoms with E-state index in [1.165, 1.54) is 21.7 Å². The Labute approximate surface area is 252 Å². The quantitative estimate of drug-likeness (QED) is 0.273. The predicted octanol–water partition coefficient (Wildman–Crippen LogP) is 3.59. The number of oxime groups is 1. The van der Waals surface area contributed by atoms with Crippen molar-refractivity contribution in [2.45, 2.75) is 71.2 Å². The molecule has 3 aliphatic heterocycles. The van der Waals surface area contributed by atoms with E-state index in [1.807, 2.05) is 6.92 Å². The van der Waals surface area contributed by atoms with Gasteiger partial charge >= 0.3 is 6.09 Å². The zero-order chi connectivity index (χ0) is 31.5. The van der Waals surface area contributed by atoms with E-state index in [9.17, 15) is 28.0 Å². The number of ether oxygens (including phenoxy) is 2. The number of aromatic nitrogens is 1. The van der Waals surface area contributed by atoms with Crippen LogP contribution in [-0.4, -0.2) is 76.6 Å². The van der Waals surface area contributed by atoms with Crippen molar-refractivity contribution in [3.8, 4) is 5.75 Å². The number of hydrogen-bond donors (Lipinski definition) is 1. The second kappa shape index (κ2) is 13.0. The number of amides is 3. The van der Waals surface area contributed by atoms with Crippen LogP contribution in [0.3, 0.4) is 0 Å². The van der Waals surface area contributed by atoms with Crippen molar-refractivity contribution < 1.29 is 37.5 Å². The van der Waals surface area contributed by atoms with Crippen molar-refractivity contribution in [3.63, 3.8) is 0 Å². The third-order valence-corrected chi connectivity index (χ3v) is 8.05. The van der Waals surface area contributed by atoms with Gasteiger partial charge < -0.3 is 34.0 Å². The summed E-state index contributed by atoms with van der Waals surface area (Å²) in [5.74, 6) is -3.44. The van der Waals surface area contributed by atoms with Gasteiger partial charge in [-0.05, 0) is 52.5 Å². The van der Waals surface area contributed by atoms with Crippen LogP contribution in [0.25, 0.3) is 0 Å². The lowest BCUT2D eigenvalue weighted by Crippen LogP contribution is -2.49. The van der Waals surface area contributed by atoms with Gasteiger partial charge in [-0.3, -0.25) is 14.4 Å². The smallest absolute Gasteiger partial charge is 0.412 e. The van der Waals surface area contributed by atoms with E-state index in [1.54, 1.807) is 18.7 Å². The van der Waals surface area contributed by atoms with Crippen molar-refractivity contribution >= 4 is 23.6 Å². The normalized spacial score (nSPS) is 20.8. The van der Waals surface area contributed by atoms with E-state index in [4.69, 9.17) is 14.3 Å². The number of pyridine rings is 1. The third kappa shape index (κ3) is 6.38. The zero-order valence-electron chi connectivity index (χ0n) is 24.8. The standard InChI is InChI=1S/C30H35F2N5O7/c1-17(2)34-44-24-9-6-18(3)36-15-23(24)37-14-21(28(39)33-13-19-7-8-20(31)12-22(19)32)26(38)27(25(37)29(36)40)42-16-43-30(41)35-10-4-5-11-35/h7-8,12,14,18,23-24H,4-6,9-11,13,15-16H2,1-3H3,(H,33,39). The molecule has 3 unspecified atom stereocenters. The number of nitrogens with one attached hydrogen (secondary N) is 1. The molecule has 3 aliphatic rings. The Hall–Kier alpha value is -4.49. The lowest BCUT2D eigenvalue weighted by Gasteiger charge is -2.38. The summed E-state index contributed by atoms with van der Waals surface area (Å²) in [4.78, 5) is 62.4. The molecule has 1 aromatic heterocycles. The zero-order valence-corrected chi connectivity index (χ0v) is 24.8. The summed E-state index contributed by atoms with van der Waals surface area (Å²) in [5.41, 5.74) is -0.712. The van der Waals surface area contributed by atoms with Crippen LogP contribution in [0.1, 0.15) is 78.9 Å².